The number of sulfone groups is 1. The smallest absolute Gasteiger partial charge is 0.237 e. The van der Waals surface area contributed by atoms with Crippen LogP contribution in [0.5, 0.6) is 5.75 Å². The number of methoxy groups -OCH3 is 1. The van der Waals surface area contributed by atoms with Crippen molar-refractivity contribution >= 4 is 49.3 Å². The highest BCUT2D eigenvalue weighted by atomic mass is 32.2. The van der Waals surface area contributed by atoms with Crippen LogP contribution in [0, 0.1) is 12.8 Å². The second kappa shape index (κ2) is 10.4. The highest BCUT2D eigenvalue weighted by molar-refractivity contribution is 7.91. The molecule has 0 saturated carbocycles. The van der Waals surface area contributed by atoms with Crippen molar-refractivity contribution in [3.8, 4) is 16.9 Å². The Morgan fingerprint density at radius 2 is 1.90 bits per heavy atom. The second-order valence-electron chi connectivity index (χ2n) is 9.91. The lowest BCUT2D eigenvalue weighted by Gasteiger charge is -2.29. The molecule has 1 aliphatic rings. The van der Waals surface area contributed by atoms with Gasteiger partial charge in [-0.3, -0.25) is 9.59 Å². The van der Waals surface area contributed by atoms with E-state index in [2.05, 4.69) is 15.3 Å². The molecular formula is C29H32N4O5S. The van der Waals surface area contributed by atoms with E-state index in [9.17, 15) is 18.0 Å². The largest absolute Gasteiger partial charge is 0.492 e. The predicted octanol–water partition coefficient (Wildman–Crippen LogP) is 4.37. The molecule has 0 bridgehead atoms. The number of benzene rings is 2. The average Bonchev–Trinajstić information content (AvgIpc) is 3.31. The van der Waals surface area contributed by atoms with E-state index in [1.54, 1.807) is 37.4 Å². The first-order chi connectivity index (χ1) is 18.7. The second-order valence-corrected chi connectivity index (χ2v) is 12.2. The summed E-state index contributed by atoms with van der Waals surface area (Å²) in [6.07, 6.45) is 3.01. The lowest BCUT2D eigenvalue weighted by Crippen LogP contribution is -2.43. The van der Waals surface area contributed by atoms with Crippen molar-refractivity contribution in [1.82, 2.24) is 15.3 Å². The maximum atomic E-state index is 13.8. The van der Waals surface area contributed by atoms with Gasteiger partial charge in [0.2, 0.25) is 11.8 Å². The number of hydrogen-bond donors (Lipinski definition) is 2. The van der Waals surface area contributed by atoms with Gasteiger partial charge in [-0.25, -0.2) is 18.3 Å². The monoisotopic (exact) mass is 548 g/mol. The first-order valence-electron chi connectivity index (χ1n) is 13.0. The van der Waals surface area contributed by atoms with Crippen LogP contribution in [-0.2, 0) is 19.4 Å². The lowest BCUT2D eigenvalue weighted by molar-refractivity contribution is -0.128. The van der Waals surface area contributed by atoms with Crippen LogP contribution < -0.4 is 15.0 Å². The zero-order valence-corrected chi connectivity index (χ0v) is 23.3. The summed E-state index contributed by atoms with van der Waals surface area (Å²) in [5, 5.41) is 4.85. The first kappa shape index (κ1) is 26.8. The molecule has 1 saturated heterocycles. The van der Waals surface area contributed by atoms with Crippen LogP contribution in [0.3, 0.4) is 0 Å². The Bertz CT molecular complexity index is 1700. The Morgan fingerprint density at radius 1 is 1.15 bits per heavy atom. The Morgan fingerprint density at radius 3 is 2.56 bits per heavy atom. The molecule has 3 heterocycles. The summed E-state index contributed by atoms with van der Waals surface area (Å²) >= 11 is 0. The third kappa shape index (κ3) is 4.79. The summed E-state index contributed by atoms with van der Waals surface area (Å²) in [6, 6.07) is 10.5. The van der Waals surface area contributed by atoms with Gasteiger partial charge in [-0.1, -0.05) is 19.1 Å². The molecule has 5 rings (SSSR count). The molecule has 2 aromatic heterocycles. The highest BCUT2D eigenvalue weighted by Crippen LogP contribution is 2.45. The molecule has 2 N–H and O–H groups in total. The Balaban J connectivity index is 1.84. The van der Waals surface area contributed by atoms with Gasteiger partial charge >= 0.3 is 0 Å². The summed E-state index contributed by atoms with van der Waals surface area (Å²) in [5.74, 6) is -0.684. The highest BCUT2D eigenvalue weighted by Gasteiger charge is 2.33. The number of anilines is 1. The van der Waals surface area contributed by atoms with Gasteiger partial charge in [-0.05, 0) is 73.8 Å². The minimum absolute atomic E-state index is 0.0290. The molecule has 1 fully saturated rings. The minimum atomic E-state index is -3.47. The number of carbonyl (C=O) groups excluding carboxylic acids is 2. The number of fused-ring (bicyclic) bond motifs is 3. The molecule has 9 nitrogen and oxygen atoms in total. The van der Waals surface area contributed by atoms with E-state index in [0.29, 0.717) is 59.7 Å². The number of aromatic amines is 1. The zero-order chi connectivity index (χ0) is 27.9. The normalized spacial score (nSPS) is 14.6. The van der Waals surface area contributed by atoms with E-state index in [1.807, 2.05) is 19.1 Å². The molecule has 4 aromatic rings. The Hall–Kier alpha value is -3.76. The van der Waals surface area contributed by atoms with Crippen molar-refractivity contribution in [2.75, 3.05) is 30.9 Å². The average molecular weight is 549 g/mol. The number of rotatable bonds is 6. The minimum Gasteiger partial charge on any atom is -0.492 e. The number of aromatic nitrogens is 2. The molecule has 0 unspecified atom stereocenters. The van der Waals surface area contributed by atoms with Crippen molar-refractivity contribution in [1.29, 1.82) is 0 Å². The van der Waals surface area contributed by atoms with Gasteiger partial charge in [0.05, 0.1) is 29.0 Å². The van der Waals surface area contributed by atoms with Crippen molar-refractivity contribution in [2.24, 2.45) is 5.92 Å². The van der Waals surface area contributed by atoms with Gasteiger partial charge in [0.25, 0.3) is 0 Å². The number of H-pyrrole nitrogens is 1. The number of aryl methyl sites for hydroxylation is 1. The first-order valence-corrected chi connectivity index (χ1v) is 14.7. The van der Waals surface area contributed by atoms with Crippen molar-refractivity contribution in [3.05, 3.63) is 48.2 Å². The van der Waals surface area contributed by atoms with E-state index in [4.69, 9.17) is 4.74 Å². The van der Waals surface area contributed by atoms with Crippen LogP contribution in [0.1, 0.15) is 32.3 Å². The van der Waals surface area contributed by atoms with Crippen molar-refractivity contribution in [3.63, 3.8) is 0 Å². The topological polar surface area (TPSA) is 121 Å². The van der Waals surface area contributed by atoms with E-state index < -0.39 is 15.7 Å². The van der Waals surface area contributed by atoms with Gasteiger partial charge in [0, 0.05) is 29.8 Å². The van der Waals surface area contributed by atoms with Crippen molar-refractivity contribution in [2.45, 2.75) is 38.5 Å². The fourth-order valence-electron chi connectivity index (χ4n) is 5.35. The van der Waals surface area contributed by atoms with Gasteiger partial charge in [0.15, 0.2) is 15.6 Å². The lowest BCUT2D eigenvalue weighted by atomic mass is 9.94. The molecule has 2 amide bonds. The molecule has 10 heteroatoms. The van der Waals surface area contributed by atoms with Crippen LogP contribution >= 0.6 is 0 Å². The number of ether oxygens (including phenoxy) is 1. The summed E-state index contributed by atoms with van der Waals surface area (Å²) in [5.41, 5.74) is 3.75. The summed E-state index contributed by atoms with van der Waals surface area (Å²) in [4.78, 5) is 36.1. The van der Waals surface area contributed by atoms with E-state index >= 15 is 0 Å². The van der Waals surface area contributed by atoms with Crippen LogP contribution in [0.15, 0.2) is 47.5 Å². The number of imide groups is 1. The number of nitrogens with one attached hydrogen (secondary N) is 2. The van der Waals surface area contributed by atoms with E-state index in [1.165, 1.54) is 18.9 Å². The molecular weight excluding hydrogens is 516 g/mol. The van der Waals surface area contributed by atoms with Crippen LogP contribution in [-0.4, -0.2) is 56.2 Å². The quantitative estimate of drug-likeness (QED) is 0.367. The molecule has 39 heavy (non-hydrogen) atoms. The standard InChI is InChI=1S/C29H32N4O5S/c1-5-39(36,37)21-8-6-7-20(14-21)22-15-24(33(18(3)34)29(35)19-9-11-30-12-10-19)27(38-4)26-25(22)23-13-17(2)16-31-28(23)32-26/h6-8,13-16,19,30H,5,9-12H2,1-4H3,(H,31,32). The van der Waals surface area contributed by atoms with Gasteiger partial charge in [-0.15, -0.1) is 0 Å². The third-order valence-electron chi connectivity index (χ3n) is 7.35. The molecule has 1 aliphatic heterocycles. The number of amides is 2. The van der Waals surface area contributed by atoms with Crippen LogP contribution in [0.25, 0.3) is 33.1 Å². The molecule has 2 aromatic carbocycles. The molecule has 0 radical (unpaired) electrons. The Kier molecular flexibility index (Phi) is 7.17. The van der Waals surface area contributed by atoms with Crippen LogP contribution in [0.2, 0.25) is 0 Å². The Labute approximate surface area is 227 Å². The van der Waals surface area contributed by atoms with E-state index in [-0.39, 0.29) is 22.5 Å². The maximum Gasteiger partial charge on any atom is 0.237 e. The third-order valence-corrected chi connectivity index (χ3v) is 9.08. The summed E-state index contributed by atoms with van der Waals surface area (Å²) in [7, 11) is -1.96. The van der Waals surface area contributed by atoms with E-state index in [0.717, 1.165) is 16.3 Å². The summed E-state index contributed by atoms with van der Waals surface area (Å²) < 4.78 is 31.4. The number of piperidine rings is 1. The number of carbonyl (C=O) groups is 2. The number of hydrogen-bond acceptors (Lipinski definition) is 7. The van der Waals surface area contributed by atoms with Gasteiger partial charge < -0.3 is 15.0 Å². The number of pyridine rings is 1. The van der Waals surface area contributed by atoms with Crippen molar-refractivity contribution < 1.29 is 22.7 Å². The van der Waals surface area contributed by atoms with Gasteiger partial charge in [-0.2, -0.15) is 0 Å². The fraction of sp³-hybridized carbons (Fsp3) is 0.345. The number of nitrogens with zero attached hydrogens (tertiary/aromatic N) is 2. The molecule has 0 atom stereocenters. The molecule has 0 aliphatic carbocycles. The summed E-state index contributed by atoms with van der Waals surface area (Å²) in [6.45, 7) is 6.33. The van der Waals surface area contributed by atoms with Gasteiger partial charge in [0.1, 0.15) is 5.65 Å². The predicted molar refractivity (Wildman–Crippen MR) is 152 cm³/mol. The fourth-order valence-corrected chi connectivity index (χ4v) is 6.27. The van der Waals surface area contributed by atoms with Crippen LogP contribution in [0.4, 0.5) is 5.69 Å². The zero-order valence-electron chi connectivity index (χ0n) is 22.5. The molecule has 204 valence electrons. The maximum absolute atomic E-state index is 13.8. The molecule has 0 spiro atoms. The SMILES string of the molecule is CCS(=O)(=O)c1cccc(-c2cc(N(C(C)=O)C(=O)C3CCNCC3)c(OC)c3[nH]c4ncc(C)cc4c23)c1.